The minimum absolute atomic E-state index is 0.0178. The van der Waals surface area contributed by atoms with Gasteiger partial charge in [-0.25, -0.2) is 17.5 Å². The number of amides is 2. The fourth-order valence-corrected chi connectivity index (χ4v) is 4.63. The summed E-state index contributed by atoms with van der Waals surface area (Å²) in [5, 5.41) is 5.52. The second-order valence-electron chi connectivity index (χ2n) is 7.02. The molecule has 0 fully saturated rings. The molecule has 1 atom stereocenters. The Morgan fingerprint density at radius 1 is 1.13 bits per heavy atom. The first-order valence-electron chi connectivity index (χ1n) is 9.26. The zero-order valence-corrected chi connectivity index (χ0v) is 19.7. The zero-order valence-electron chi connectivity index (χ0n) is 18.1. The lowest BCUT2D eigenvalue weighted by Crippen LogP contribution is -2.30. The van der Waals surface area contributed by atoms with Gasteiger partial charge in [-0.3, -0.25) is 9.59 Å². The molecule has 2 rings (SSSR count). The zero-order chi connectivity index (χ0) is 23.5. The number of hydrogen-bond acceptors (Lipinski definition) is 7. The second kappa shape index (κ2) is 9.58. The Labute approximate surface area is 185 Å². The van der Waals surface area contributed by atoms with E-state index >= 15 is 0 Å². The van der Waals surface area contributed by atoms with Gasteiger partial charge >= 0.3 is 5.97 Å². The summed E-state index contributed by atoms with van der Waals surface area (Å²) in [6.45, 7) is 6.28. The molecule has 2 amide bonds. The number of sulfonamides is 1. The normalized spacial score (nSPS) is 12.4. The molecule has 0 saturated heterocycles. The highest BCUT2D eigenvalue weighted by atomic mass is 32.2. The lowest BCUT2D eigenvalue weighted by atomic mass is 10.1. The molecule has 168 valence electrons. The van der Waals surface area contributed by atoms with Gasteiger partial charge in [0.05, 0.1) is 10.5 Å². The van der Waals surface area contributed by atoms with Crippen LogP contribution in [0.15, 0.2) is 29.2 Å². The summed E-state index contributed by atoms with van der Waals surface area (Å²) >= 11 is 1.25. The molecule has 0 aliphatic heterocycles. The van der Waals surface area contributed by atoms with Crippen molar-refractivity contribution in [1.29, 1.82) is 0 Å². The molecule has 1 unspecified atom stereocenters. The minimum Gasteiger partial charge on any atom is -0.449 e. The molecule has 2 aromatic rings. The van der Waals surface area contributed by atoms with Crippen LogP contribution in [-0.4, -0.2) is 50.7 Å². The Kier molecular flexibility index (Phi) is 7.58. The van der Waals surface area contributed by atoms with Gasteiger partial charge in [0.25, 0.3) is 5.91 Å². The van der Waals surface area contributed by atoms with Crippen molar-refractivity contribution in [3.8, 4) is 0 Å². The number of aryl methyl sites for hydroxylation is 1. The quantitative estimate of drug-likeness (QED) is 0.604. The van der Waals surface area contributed by atoms with Crippen LogP contribution in [0, 0.1) is 13.8 Å². The molecule has 11 heteroatoms. The predicted molar refractivity (Wildman–Crippen MR) is 119 cm³/mol. The molecular formula is C20H25N3O6S2. The first-order valence-corrected chi connectivity index (χ1v) is 11.5. The van der Waals surface area contributed by atoms with E-state index in [1.807, 2.05) is 6.92 Å². The molecule has 0 bridgehead atoms. The fourth-order valence-electron chi connectivity index (χ4n) is 2.58. The first kappa shape index (κ1) is 24.5. The maximum atomic E-state index is 12.7. The number of rotatable bonds is 7. The van der Waals surface area contributed by atoms with E-state index in [9.17, 15) is 22.8 Å². The molecule has 1 aromatic heterocycles. The third kappa shape index (κ3) is 5.69. The van der Waals surface area contributed by atoms with Gasteiger partial charge in [0.15, 0.2) is 6.10 Å². The molecular weight excluding hydrogens is 442 g/mol. The number of anilines is 2. The molecule has 0 aliphatic rings. The summed E-state index contributed by atoms with van der Waals surface area (Å²) in [5.74, 6) is -1.69. The Morgan fingerprint density at radius 2 is 1.77 bits per heavy atom. The number of benzene rings is 1. The Hall–Kier alpha value is -2.76. The molecule has 31 heavy (non-hydrogen) atoms. The number of thiophene rings is 1. The van der Waals surface area contributed by atoms with Gasteiger partial charge in [-0.05, 0) is 44.5 Å². The molecule has 0 saturated carbocycles. The summed E-state index contributed by atoms with van der Waals surface area (Å²) in [5.41, 5.74) is 1.11. The first-order chi connectivity index (χ1) is 14.3. The van der Waals surface area contributed by atoms with Crippen LogP contribution in [0.5, 0.6) is 0 Å². The monoisotopic (exact) mass is 467 g/mol. The average molecular weight is 468 g/mol. The van der Waals surface area contributed by atoms with E-state index in [1.165, 1.54) is 63.5 Å². The molecule has 1 heterocycles. The number of nitrogens with zero attached hydrogens (tertiary/aromatic N) is 1. The number of esters is 1. The maximum Gasteiger partial charge on any atom is 0.342 e. The minimum atomic E-state index is -3.66. The maximum absolute atomic E-state index is 12.7. The van der Waals surface area contributed by atoms with E-state index in [2.05, 4.69) is 10.6 Å². The summed E-state index contributed by atoms with van der Waals surface area (Å²) in [4.78, 5) is 37.5. The lowest BCUT2D eigenvalue weighted by Gasteiger charge is -2.16. The topological polar surface area (TPSA) is 122 Å². The SMILES string of the molecule is CC(=O)Nc1sc(C)c(C)c1C(=O)OC(C)C(=O)Nc1cccc(S(=O)(=O)N(C)C)c1. The van der Waals surface area contributed by atoms with Crippen LogP contribution < -0.4 is 10.6 Å². The van der Waals surface area contributed by atoms with E-state index in [4.69, 9.17) is 4.74 Å². The van der Waals surface area contributed by atoms with E-state index in [1.54, 1.807) is 6.92 Å². The van der Waals surface area contributed by atoms with Gasteiger partial charge in [-0.1, -0.05) is 6.07 Å². The highest BCUT2D eigenvalue weighted by Gasteiger charge is 2.26. The van der Waals surface area contributed by atoms with Crippen molar-refractivity contribution in [3.63, 3.8) is 0 Å². The van der Waals surface area contributed by atoms with Crippen molar-refractivity contribution in [2.45, 2.75) is 38.7 Å². The third-order valence-corrected chi connectivity index (χ3v) is 7.35. The number of ether oxygens (including phenoxy) is 1. The van der Waals surface area contributed by atoms with Gasteiger partial charge in [0, 0.05) is 31.6 Å². The summed E-state index contributed by atoms with van der Waals surface area (Å²) in [6, 6.07) is 5.77. The largest absolute Gasteiger partial charge is 0.449 e. The van der Waals surface area contributed by atoms with E-state index in [0.29, 0.717) is 10.6 Å². The van der Waals surface area contributed by atoms with Gasteiger partial charge in [-0.15, -0.1) is 11.3 Å². The molecule has 0 aliphatic carbocycles. The van der Waals surface area contributed by atoms with Crippen molar-refractivity contribution in [2.75, 3.05) is 24.7 Å². The molecule has 2 N–H and O–H groups in total. The number of carbonyl (C=O) groups excluding carboxylic acids is 3. The fraction of sp³-hybridized carbons (Fsp3) is 0.350. The van der Waals surface area contributed by atoms with E-state index in [-0.39, 0.29) is 22.1 Å². The van der Waals surface area contributed by atoms with Crippen LogP contribution in [0.4, 0.5) is 10.7 Å². The third-order valence-electron chi connectivity index (χ3n) is 4.41. The van der Waals surface area contributed by atoms with Gasteiger partial charge < -0.3 is 15.4 Å². The number of carbonyl (C=O) groups is 3. The predicted octanol–water partition coefficient (Wildman–Crippen LogP) is 2.76. The van der Waals surface area contributed by atoms with Crippen LogP contribution in [0.2, 0.25) is 0 Å². The Morgan fingerprint density at radius 3 is 2.35 bits per heavy atom. The van der Waals surface area contributed by atoms with Crippen LogP contribution in [0.25, 0.3) is 0 Å². The lowest BCUT2D eigenvalue weighted by molar-refractivity contribution is -0.123. The van der Waals surface area contributed by atoms with Crippen molar-refractivity contribution < 1.29 is 27.5 Å². The molecule has 0 spiro atoms. The molecule has 9 nitrogen and oxygen atoms in total. The summed E-state index contributed by atoms with van der Waals surface area (Å²) < 4.78 is 30.9. The van der Waals surface area contributed by atoms with Gasteiger partial charge in [0.1, 0.15) is 5.00 Å². The Bertz CT molecular complexity index is 1120. The molecule has 1 aromatic carbocycles. The van der Waals surface area contributed by atoms with Gasteiger partial charge in [0.2, 0.25) is 15.9 Å². The van der Waals surface area contributed by atoms with Crippen molar-refractivity contribution in [3.05, 3.63) is 40.3 Å². The standard InChI is InChI=1S/C20H25N3O6S2/c1-11-13(3)30-19(21-14(4)24)17(11)20(26)29-12(2)18(25)22-15-8-7-9-16(10-15)31(27,28)23(5)6/h7-10,12H,1-6H3,(H,21,24)(H,22,25). The van der Waals surface area contributed by atoms with Crippen molar-refractivity contribution in [1.82, 2.24) is 4.31 Å². The number of hydrogen-bond donors (Lipinski definition) is 2. The summed E-state index contributed by atoms with van der Waals surface area (Å²) in [6.07, 6.45) is -1.16. The Balaban J connectivity index is 2.16. The molecule has 0 radical (unpaired) electrons. The van der Waals surface area contributed by atoms with Crippen LogP contribution in [0.3, 0.4) is 0 Å². The van der Waals surface area contributed by atoms with Gasteiger partial charge in [-0.2, -0.15) is 0 Å². The smallest absolute Gasteiger partial charge is 0.342 e. The van der Waals surface area contributed by atoms with E-state index < -0.39 is 28.0 Å². The van der Waals surface area contributed by atoms with Crippen LogP contribution in [-0.2, 0) is 24.3 Å². The highest BCUT2D eigenvalue weighted by Crippen LogP contribution is 2.33. The highest BCUT2D eigenvalue weighted by molar-refractivity contribution is 7.89. The van der Waals surface area contributed by atoms with Crippen LogP contribution in [0.1, 0.15) is 34.6 Å². The van der Waals surface area contributed by atoms with Crippen molar-refractivity contribution >= 4 is 49.8 Å². The van der Waals surface area contributed by atoms with Crippen LogP contribution >= 0.6 is 11.3 Å². The van der Waals surface area contributed by atoms with Crippen molar-refractivity contribution in [2.24, 2.45) is 0 Å². The second-order valence-corrected chi connectivity index (χ2v) is 10.4. The number of nitrogens with one attached hydrogen (secondary N) is 2. The summed E-state index contributed by atoms with van der Waals surface area (Å²) in [7, 11) is -0.848. The van der Waals surface area contributed by atoms with E-state index in [0.717, 1.165) is 9.18 Å². The average Bonchev–Trinajstić information content (AvgIpc) is 2.94.